The number of nitrogens with zero attached hydrogens (tertiary/aromatic N) is 4. The Labute approximate surface area is 241 Å². The predicted molar refractivity (Wildman–Crippen MR) is 146 cm³/mol. The molecule has 3 aromatic carbocycles. The summed E-state index contributed by atoms with van der Waals surface area (Å²) in [6, 6.07) is 5.61. The molecule has 3 aromatic rings. The summed E-state index contributed by atoms with van der Waals surface area (Å²) in [7, 11) is 0. The van der Waals surface area contributed by atoms with Crippen molar-refractivity contribution in [1.82, 2.24) is 0 Å². The van der Waals surface area contributed by atoms with E-state index < -0.39 is 67.9 Å². The molecule has 0 aliphatic carbocycles. The fraction of sp³-hybridized carbons (Fsp3) is 0.333. The van der Waals surface area contributed by atoms with Crippen LogP contribution in [-0.4, -0.2) is 22.9 Å². The molecule has 41 heavy (non-hydrogen) atoms. The van der Waals surface area contributed by atoms with Crippen molar-refractivity contribution in [2.45, 2.75) is 44.2 Å². The molecule has 2 saturated heterocycles. The van der Waals surface area contributed by atoms with E-state index in [2.05, 4.69) is 0 Å². The lowest BCUT2D eigenvalue weighted by molar-refractivity contribution is -0.384. The zero-order valence-electron chi connectivity index (χ0n) is 21.3. The van der Waals surface area contributed by atoms with Crippen LogP contribution in [0.15, 0.2) is 36.4 Å². The Balaban J connectivity index is 1.71. The van der Waals surface area contributed by atoms with Crippen molar-refractivity contribution >= 4 is 46.0 Å². The molecule has 216 valence electrons. The second-order valence-electron chi connectivity index (χ2n) is 9.95. The van der Waals surface area contributed by atoms with Gasteiger partial charge in [0.1, 0.15) is 21.4 Å². The van der Waals surface area contributed by atoms with Crippen molar-refractivity contribution in [2.75, 3.05) is 22.9 Å². The fourth-order valence-electron chi connectivity index (χ4n) is 5.76. The van der Waals surface area contributed by atoms with E-state index in [0.29, 0.717) is 12.8 Å². The molecule has 2 atom stereocenters. The molecule has 0 N–H and O–H groups in total. The van der Waals surface area contributed by atoms with Gasteiger partial charge in [0.25, 0.3) is 11.4 Å². The van der Waals surface area contributed by atoms with Crippen LogP contribution in [0.1, 0.15) is 55.3 Å². The maximum Gasteiger partial charge on any atom is 0.288 e. The van der Waals surface area contributed by atoms with E-state index in [9.17, 15) is 20.2 Å². The Morgan fingerprint density at radius 3 is 1.51 bits per heavy atom. The first kappa shape index (κ1) is 28.9. The van der Waals surface area contributed by atoms with Gasteiger partial charge in [0.05, 0.1) is 21.9 Å². The highest BCUT2D eigenvalue weighted by Crippen LogP contribution is 2.51. The number of hydrogen-bond acceptors (Lipinski definition) is 6. The lowest BCUT2D eigenvalue weighted by Gasteiger charge is -2.35. The van der Waals surface area contributed by atoms with E-state index in [4.69, 9.17) is 23.2 Å². The Kier molecular flexibility index (Phi) is 7.97. The summed E-state index contributed by atoms with van der Waals surface area (Å²) in [5.41, 5.74) is -2.30. The number of nitro benzene ring substituents is 2. The van der Waals surface area contributed by atoms with Crippen LogP contribution in [0, 0.1) is 43.5 Å². The molecule has 2 aliphatic rings. The van der Waals surface area contributed by atoms with Crippen LogP contribution in [0.3, 0.4) is 0 Å². The summed E-state index contributed by atoms with van der Waals surface area (Å²) in [5.74, 6) is -6.38. The highest BCUT2D eigenvalue weighted by atomic mass is 35.5. The van der Waals surface area contributed by atoms with Gasteiger partial charge in [-0.25, -0.2) is 17.6 Å². The lowest BCUT2D eigenvalue weighted by Crippen LogP contribution is -2.33. The van der Waals surface area contributed by atoms with Crippen LogP contribution in [0.2, 0.25) is 10.0 Å². The summed E-state index contributed by atoms with van der Waals surface area (Å²) in [6.07, 6.45) is 2.29. The van der Waals surface area contributed by atoms with Gasteiger partial charge in [0.15, 0.2) is 23.3 Å². The average molecular weight is 613 g/mol. The van der Waals surface area contributed by atoms with Gasteiger partial charge in [0.2, 0.25) is 0 Å². The molecule has 2 fully saturated rings. The standard InChI is InChI=1S/C27H22Cl2F4N4O4/c28-16-6-4-14(12-20(16)36(38)39)18-8-9-19(15-5-7-17(29)21(13-15)37(40)41)35(18)27-24(32)22(30)26(23(31)25(27)33)34-10-2-1-3-11-34/h4-7,12-13,18-19H,1-3,8-11H2. The van der Waals surface area contributed by atoms with Crippen LogP contribution in [0.25, 0.3) is 0 Å². The first-order valence-corrected chi connectivity index (χ1v) is 13.5. The van der Waals surface area contributed by atoms with Crippen molar-refractivity contribution < 1.29 is 27.4 Å². The molecule has 0 aromatic heterocycles. The zero-order chi connectivity index (χ0) is 29.6. The average Bonchev–Trinajstić information content (AvgIpc) is 3.37. The second-order valence-corrected chi connectivity index (χ2v) is 10.8. The fourth-order valence-corrected chi connectivity index (χ4v) is 6.13. The van der Waals surface area contributed by atoms with E-state index in [0.717, 1.165) is 23.5 Å². The monoisotopic (exact) mass is 612 g/mol. The van der Waals surface area contributed by atoms with Crippen LogP contribution >= 0.6 is 23.2 Å². The molecule has 2 unspecified atom stereocenters. The third-order valence-corrected chi connectivity index (χ3v) is 8.28. The normalized spacial score (nSPS) is 19.1. The topological polar surface area (TPSA) is 92.8 Å². The molecule has 2 aliphatic heterocycles. The number of anilines is 2. The third kappa shape index (κ3) is 5.14. The van der Waals surface area contributed by atoms with E-state index in [1.165, 1.54) is 29.2 Å². The number of rotatable bonds is 6. The van der Waals surface area contributed by atoms with Gasteiger partial charge in [-0.1, -0.05) is 35.3 Å². The van der Waals surface area contributed by atoms with E-state index >= 15 is 17.6 Å². The number of benzene rings is 3. The molecule has 0 bridgehead atoms. The third-order valence-electron chi connectivity index (χ3n) is 7.64. The smallest absolute Gasteiger partial charge is 0.288 e. The summed E-state index contributed by atoms with van der Waals surface area (Å²) in [6.45, 7) is 0.452. The summed E-state index contributed by atoms with van der Waals surface area (Å²) >= 11 is 11.9. The van der Waals surface area contributed by atoms with Gasteiger partial charge in [-0.2, -0.15) is 0 Å². The SMILES string of the molecule is O=[N+]([O-])c1cc(C2CCC(c3ccc(Cl)c([N+](=O)[O-])c3)N2c2c(F)c(F)c(N3CCCCC3)c(F)c2F)ccc1Cl. The van der Waals surface area contributed by atoms with Crippen LogP contribution in [0.4, 0.5) is 40.3 Å². The molecule has 8 nitrogen and oxygen atoms in total. The molecule has 2 heterocycles. The minimum atomic E-state index is -1.63. The van der Waals surface area contributed by atoms with Crippen molar-refractivity contribution in [3.63, 3.8) is 0 Å². The van der Waals surface area contributed by atoms with Crippen LogP contribution in [0.5, 0.6) is 0 Å². The Morgan fingerprint density at radius 2 is 1.10 bits per heavy atom. The van der Waals surface area contributed by atoms with E-state index in [-0.39, 0.29) is 47.1 Å². The highest BCUT2D eigenvalue weighted by molar-refractivity contribution is 6.33. The zero-order valence-corrected chi connectivity index (χ0v) is 22.8. The first-order valence-electron chi connectivity index (χ1n) is 12.8. The molecular formula is C27H22Cl2F4N4O4. The number of nitro groups is 2. The summed E-state index contributed by atoms with van der Waals surface area (Å²) in [4.78, 5) is 24.0. The van der Waals surface area contributed by atoms with Crippen LogP contribution < -0.4 is 9.80 Å². The van der Waals surface area contributed by atoms with E-state index in [1.807, 2.05) is 0 Å². The largest absolute Gasteiger partial charge is 0.367 e. The maximum absolute atomic E-state index is 15.9. The minimum Gasteiger partial charge on any atom is -0.367 e. The van der Waals surface area contributed by atoms with Crippen molar-refractivity contribution in [2.24, 2.45) is 0 Å². The van der Waals surface area contributed by atoms with E-state index in [1.54, 1.807) is 0 Å². The Hall–Kier alpha value is -3.64. The second kappa shape index (κ2) is 11.3. The van der Waals surface area contributed by atoms with Crippen molar-refractivity contribution in [1.29, 1.82) is 0 Å². The van der Waals surface area contributed by atoms with Gasteiger partial charge >= 0.3 is 0 Å². The molecule has 0 radical (unpaired) electrons. The number of halogens is 6. The molecular weight excluding hydrogens is 591 g/mol. The molecule has 5 rings (SSSR count). The van der Waals surface area contributed by atoms with Crippen molar-refractivity contribution in [3.05, 3.63) is 101 Å². The highest BCUT2D eigenvalue weighted by Gasteiger charge is 2.42. The van der Waals surface area contributed by atoms with Gasteiger partial charge in [-0.15, -0.1) is 0 Å². The first-order chi connectivity index (χ1) is 19.5. The number of hydrogen-bond donors (Lipinski definition) is 0. The molecule has 0 amide bonds. The maximum atomic E-state index is 15.9. The lowest BCUT2D eigenvalue weighted by atomic mass is 10.0. The quantitative estimate of drug-likeness (QED) is 0.120. The van der Waals surface area contributed by atoms with Gasteiger partial charge in [0, 0.05) is 25.2 Å². The summed E-state index contributed by atoms with van der Waals surface area (Å²) < 4.78 is 63.0. The van der Waals surface area contributed by atoms with Crippen molar-refractivity contribution in [3.8, 4) is 0 Å². The minimum absolute atomic E-state index is 0.135. The van der Waals surface area contributed by atoms with Crippen LogP contribution in [-0.2, 0) is 0 Å². The van der Waals surface area contributed by atoms with Gasteiger partial charge < -0.3 is 9.80 Å². The van der Waals surface area contributed by atoms with Gasteiger partial charge in [-0.05, 0) is 55.4 Å². The van der Waals surface area contributed by atoms with Gasteiger partial charge in [-0.3, -0.25) is 20.2 Å². The molecule has 14 heteroatoms. The molecule has 0 saturated carbocycles. The predicted octanol–water partition coefficient (Wildman–Crippen LogP) is 8.44. The Bertz CT molecular complexity index is 1450. The summed E-state index contributed by atoms with van der Waals surface area (Å²) in [5, 5.41) is 22.8. The number of piperidine rings is 1. The molecule has 0 spiro atoms. The Morgan fingerprint density at radius 1 is 0.683 bits per heavy atom.